The maximum absolute atomic E-state index is 13.0. The highest BCUT2D eigenvalue weighted by Gasteiger charge is 2.22. The lowest BCUT2D eigenvalue weighted by molar-refractivity contribution is 0.597. The third-order valence-corrected chi connectivity index (χ3v) is 5.85. The molecule has 4 nitrogen and oxygen atoms in total. The molecule has 0 radical (unpaired) electrons. The first-order chi connectivity index (χ1) is 11.1. The highest BCUT2D eigenvalue weighted by Crippen LogP contribution is 2.39. The van der Waals surface area contributed by atoms with Gasteiger partial charge in [-0.2, -0.15) is 0 Å². The number of benzene rings is 3. The Bertz CT molecular complexity index is 1050. The van der Waals surface area contributed by atoms with Crippen molar-refractivity contribution in [2.24, 2.45) is 4.99 Å². The molecule has 3 aromatic carbocycles. The number of nitrogens with zero attached hydrogens (tertiary/aromatic N) is 1. The molecule has 0 amide bonds. The molecule has 0 saturated carbocycles. The van der Waals surface area contributed by atoms with E-state index in [0.717, 1.165) is 22.3 Å². The summed E-state index contributed by atoms with van der Waals surface area (Å²) in [4.78, 5) is 4.90. The third-order valence-electron chi connectivity index (χ3n) is 4.02. The van der Waals surface area contributed by atoms with Crippen LogP contribution in [0.15, 0.2) is 69.4 Å². The molecule has 0 aliphatic carbocycles. The summed E-state index contributed by atoms with van der Waals surface area (Å²) in [6.45, 7) is 1.93. The van der Waals surface area contributed by atoms with Gasteiger partial charge in [-0.25, -0.2) is 13.4 Å². The van der Waals surface area contributed by atoms with Crippen LogP contribution in [0.5, 0.6) is 0 Å². The van der Waals surface area contributed by atoms with Gasteiger partial charge in [0.05, 0.1) is 21.8 Å². The Balaban J connectivity index is 2.02. The smallest absolute Gasteiger partial charge is 0.207 e. The molecule has 0 fully saturated rings. The highest BCUT2D eigenvalue weighted by molar-refractivity contribution is 7.91. The minimum atomic E-state index is -3.58. The molecule has 1 heterocycles. The van der Waals surface area contributed by atoms with Gasteiger partial charge in [0.1, 0.15) is 0 Å². The van der Waals surface area contributed by atoms with E-state index < -0.39 is 9.84 Å². The van der Waals surface area contributed by atoms with Crippen LogP contribution < -0.4 is 5.32 Å². The van der Waals surface area contributed by atoms with Crippen LogP contribution in [-0.2, 0) is 9.84 Å². The zero-order valence-corrected chi connectivity index (χ0v) is 13.3. The maximum atomic E-state index is 13.0. The molecule has 0 spiro atoms. The minimum Gasteiger partial charge on any atom is -0.346 e. The van der Waals surface area contributed by atoms with Crippen LogP contribution in [0, 0.1) is 6.92 Å². The Morgan fingerprint density at radius 2 is 1.74 bits per heavy atom. The van der Waals surface area contributed by atoms with Crippen LogP contribution in [0.3, 0.4) is 0 Å². The van der Waals surface area contributed by atoms with Crippen molar-refractivity contribution in [2.45, 2.75) is 16.7 Å². The molecule has 0 atom stereocenters. The molecule has 0 unspecified atom stereocenters. The lowest BCUT2D eigenvalue weighted by Gasteiger charge is -2.16. The number of hydrogen-bond donors (Lipinski definition) is 1. The third kappa shape index (κ3) is 2.12. The number of sulfone groups is 1. The van der Waals surface area contributed by atoms with E-state index in [1.807, 2.05) is 37.3 Å². The summed E-state index contributed by atoms with van der Waals surface area (Å²) in [5.41, 5.74) is 2.67. The number of aryl methyl sites for hydroxylation is 1. The maximum Gasteiger partial charge on any atom is 0.207 e. The molecule has 23 heavy (non-hydrogen) atoms. The lowest BCUT2D eigenvalue weighted by atomic mass is 10.1. The molecular formula is C18H14N2O2S. The molecule has 5 heteroatoms. The van der Waals surface area contributed by atoms with Gasteiger partial charge in [-0.15, -0.1) is 0 Å². The van der Waals surface area contributed by atoms with Crippen LogP contribution in [0.4, 0.5) is 11.4 Å². The van der Waals surface area contributed by atoms with E-state index in [9.17, 15) is 8.42 Å². The van der Waals surface area contributed by atoms with Crippen molar-refractivity contribution in [1.29, 1.82) is 0 Å². The summed E-state index contributed by atoms with van der Waals surface area (Å²) < 4.78 is 26.1. The summed E-state index contributed by atoms with van der Waals surface area (Å²) >= 11 is 0. The van der Waals surface area contributed by atoms with Crippen molar-refractivity contribution >= 4 is 38.3 Å². The van der Waals surface area contributed by atoms with Gasteiger partial charge in [-0.05, 0) is 37.3 Å². The van der Waals surface area contributed by atoms with E-state index in [4.69, 9.17) is 0 Å². The fourth-order valence-corrected chi connectivity index (χ4v) is 4.29. The molecular weight excluding hydrogens is 308 g/mol. The van der Waals surface area contributed by atoms with Crippen LogP contribution >= 0.6 is 0 Å². The Morgan fingerprint density at radius 3 is 2.52 bits per heavy atom. The predicted octanol–water partition coefficient (Wildman–Crippen LogP) is 4.07. The van der Waals surface area contributed by atoms with Gasteiger partial charge in [-0.1, -0.05) is 29.8 Å². The van der Waals surface area contributed by atoms with Crippen LogP contribution in [0.2, 0.25) is 0 Å². The van der Waals surface area contributed by atoms with Crippen molar-refractivity contribution in [3.63, 3.8) is 0 Å². The molecule has 114 valence electrons. The predicted molar refractivity (Wildman–Crippen MR) is 92.4 cm³/mol. The van der Waals surface area contributed by atoms with E-state index in [0.29, 0.717) is 15.2 Å². The number of anilines is 1. The fourth-order valence-electron chi connectivity index (χ4n) is 2.84. The van der Waals surface area contributed by atoms with Crippen molar-refractivity contribution in [3.05, 3.63) is 60.2 Å². The number of rotatable bonds is 2. The van der Waals surface area contributed by atoms with Gasteiger partial charge in [-0.3, -0.25) is 0 Å². The zero-order chi connectivity index (χ0) is 16.0. The summed E-state index contributed by atoms with van der Waals surface area (Å²) in [7, 11) is -3.58. The first-order valence-corrected chi connectivity index (χ1v) is 8.72. The molecule has 1 N–H and O–H groups in total. The van der Waals surface area contributed by atoms with E-state index in [1.54, 1.807) is 30.6 Å². The van der Waals surface area contributed by atoms with Crippen LogP contribution in [0.25, 0.3) is 10.8 Å². The van der Waals surface area contributed by atoms with E-state index >= 15 is 0 Å². The van der Waals surface area contributed by atoms with Crippen molar-refractivity contribution in [3.8, 4) is 0 Å². The second-order valence-electron chi connectivity index (χ2n) is 5.53. The average Bonchev–Trinajstić information content (AvgIpc) is 2.56. The normalized spacial score (nSPS) is 13.1. The Morgan fingerprint density at radius 1 is 0.957 bits per heavy atom. The van der Waals surface area contributed by atoms with Crippen LogP contribution in [0.1, 0.15) is 5.56 Å². The number of aliphatic imine (C=N–C) groups is 1. The van der Waals surface area contributed by atoms with Crippen molar-refractivity contribution in [2.75, 3.05) is 5.32 Å². The van der Waals surface area contributed by atoms with Gasteiger partial charge in [0.15, 0.2) is 0 Å². The second-order valence-corrected chi connectivity index (χ2v) is 7.45. The first kappa shape index (κ1) is 14.0. The summed E-state index contributed by atoms with van der Waals surface area (Å²) in [5, 5.41) is 4.59. The zero-order valence-electron chi connectivity index (χ0n) is 12.4. The SMILES string of the molecule is Cc1ccc(S(=O)(=O)c2ccc3c4c(cccc24)NC=N3)cc1. The highest BCUT2D eigenvalue weighted by atomic mass is 32.2. The number of hydrogen-bond acceptors (Lipinski definition) is 4. The standard InChI is InChI=1S/C18H14N2O2S/c1-12-5-7-13(8-6-12)23(21,22)17-10-9-16-18-14(17)3-2-4-15(18)19-11-20-16/h2-11H,1H3,(H,19,20). The van der Waals surface area contributed by atoms with E-state index in [-0.39, 0.29) is 0 Å². The molecule has 0 aromatic heterocycles. The van der Waals surface area contributed by atoms with Gasteiger partial charge < -0.3 is 5.32 Å². The molecule has 0 bridgehead atoms. The van der Waals surface area contributed by atoms with Crippen LogP contribution in [-0.4, -0.2) is 14.8 Å². The van der Waals surface area contributed by atoms with Gasteiger partial charge >= 0.3 is 0 Å². The first-order valence-electron chi connectivity index (χ1n) is 7.24. The average molecular weight is 322 g/mol. The Hall–Kier alpha value is -2.66. The molecule has 0 saturated heterocycles. The summed E-state index contributed by atoms with van der Waals surface area (Å²) in [6.07, 6.45) is 1.62. The van der Waals surface area contributed by atoms with Crippen molar-refractivity contribution < 1.29 is 8.42 Å². The minimum absolute atomic E-state index is 0.302. The Labute approximate surface area is 134 Å². The summed E-state index contributed by atoms with van der Waals surface area (Å²) in [6, 6.07) is 15.9. The summed E-state index contributed by atoms with van der Waals surface area (Å²) in [5.74, 6) is 0. The van der Waals surface area contributed by atoms with E-state index in [1.165, 1.54) is 0 Å². The van der Waals surface area contributed by atoms with Gasteiger partial charge in [0.25, 0.3) is 0 Å². The van der Waals surface area contributed by atoms with Gasteiger partial charge in [0.2, 0.25) is 9.84 Å². The largest absolute Gasteiger partial charge is 0.346 e. The topological polar surface area (TPSA) is 58.5 Å². The fraction of sp³-hybridized carbons (Fsp3) is 0.0556. The number of nitrogens with one attached hydrogen (secondary N) is 1. The molecule has 1 aliphatic heterocycles. The lowest BCUT2D eigenvalue weighted by Crippen LogP contribution is -2.05. The van der Waals surface area contributed by atoms with Gasteiger partial charge in [0, 0.05) is 16.5 Å². The van der Waals surface area contributed by atoms with Crippen molar-refractivity contribution in [1.82, 2.24) is 0 Å². The Kier molecular flexibility index (Phi) is 2.99. The van der Waals surface area contributed by atoms with E-state index in [2.05, 4.69) is 10.3 Å². The molecule has 1 aliphatic rings. The monoisotopic (exact) mass is 322 g/mol. The quantitative estimate of drug-likeness (QED) is 0.774. The second kappa shape index (κ2) is 4.93. The molecule has 4 rings (SSSR count). The molecule has 3 aromatic rings.